The van der Waals surface area contributed by atoms with Gasteiger partial charge in [0.05, 0.1) is 12.7 Å². The van der Waals surface area contributed by atoms with Crippen molar-refractivity contribution in [2.45, 2.75) is 26.4 Å². The van der Waals surface area contributed by atoms with Crippen molar-refractivity contribution in [1.29, 1.82) is 0 Å². The summed E-state index contributed by atoms with van der Waals surface area (Å²) in [4.78, 5) is 0. The molecule has 0 aromatic heterocycles. The first-order chi connectivity index (χ1) is 9.70. The number of benzene rings is 2. The lowest BCUT2D eigenvalue weighted by atomic mass is 10.1. The molecule has 0 heterocycles. The van der Waals surface area contributed by atoms with Crippen molar-refractivity contribution in [3.63, 3.8) is 0 Å². The maximum absolute atomic E-state index is 9.48. The fraction of sp³-hybridized carbons (Fsp3) is 0.294. The quantitative estimate of drug-likeness (QED) is 0.851. The van der Waals surface area contributed by atoms with Crippen molar-refractivity contribution in [2.24, 2.45) is 0 Å². The summed E-state index contributed by atoms with van der Waals surface area (Å²) < 4.78 is 11.5. The predicted octanol–water partition coefficient (Wildman–Crippen LogP) is 4.32. The van der Waals surface area contributed by atoms with Gasteiger partial charge in [-0.05, 0) is 43.2 Å². The third-order valence-corrected chi connectivity index (χ3v) is 2.90. The summed E-state index contributed by atoms with van der Waals surface area (Å²) >= 11 is 0. The second-order valence-electron chi connectivity index (χ2n) is 4.64. The lowest BCUT2D eigenvalue weighted by molar-refractivity contribution is 0.199. The minimum Gasteiger partial charge on any atom is -0.490 e. The van der Waals surface area contributed by atoms with Crippen LogP contribution in [0.25, 0.3) is 0 Å². The molecule has 0 aliphatic carbocycles. The van der Waals surface area contributed by atoms with Crippen LogP contribution in [-0.4, -0.2) is 11.7 Å². The van der Waals surface area contributed by atoms with Gasteiger partial charge in [-0.1, -0.05) is 31.2 Å². The zero-order valence-corrected chi connectivity index (χ0v) is 11.9. The van der Waals surface area contributed by atoms with Gasteiger partial charge in [0.15, 0.2) is 11.5 Å². The normalized spacial score (nSPS) is 11.9. The van der Waals surface area contributed by atoms with Crippen molar-refractivity contribution in [3.05, 3.63) is 54.1 Å². The zero-order chi connectivity index (χ0) is 14.4. The van der Waals surface area contributed by atoms with E-state index in [0.717, 1.165) is 23.5 Å². The van der Waals surface area contributed by atoms with Crippen LogP contribution in [-0.2, 0) is 0 Å². The fourth-order valence-corrected chi connectivity index (χ4v) is 1.81. The lowest BCUT2D eigenvalue weighted by Crippen LogP contribution is -1.97. The highest BCUT2D eigenvalue weighted by molar-refractivity contribution is 5.43. The van der Waals surface area contributed by atoms with Crippen LogP contribution in [0.2, 0.25) is 0 Å². The highest BCUT2D eigenvalue weighted by Crippen LogP contribution is 2.31. The molecule has 0 saturated heterocycles. The van der Waals surface area contributed by atoms with E-state index >= 15 is 0 Å². The first-order valence-electron chi connectivity index (χ1n) is 6.88. The molecule has 0 fully saturated rings. The number of hydrogen-bond donors (Lipinski definition) is 1. The van der Waals surface area contributed by atoms with E-state index in [1.165, 1.54) is 0 Å². The van der Waals surface area contributed by atoms with Crippen LogP contribution in [0.3, 0.4) is 0 Å². The van der Waals surface area contributed by atoms with Gasteiger partial charge in [0, 0.05) is 0 Å². The van der Waals surface area contributed by atoms with E-state index in [4.69, 9.17) is 9.47 Å². The number of aliphatic hydroxyl groups excluding tert-OH is 1. The molecule has 1 N–H and O–H groups in total. The fourth-order valence-electron chi connectivity index (χ4n) is 1.81. The summed E-state index contributed by atoms with van der Waals surface area (Å²) in [6.07, 6.45) is 0.487. The summed E-state index contributed by atoms with van der Waals surface area (Å²) in [5.74, 6) is 2.17. The minimum absolute atomic E-state index is 0.468. The molecule has 0 aliphatic heterocycles. The van der Waals surface area contributed by atoms with Crippen molar-refractivity contribution in [2.75, 3.05) is 6.61 Å². The van der Waals surface area contributed by atoms with E-state index in [2.05, 4.69) is 6.92 Å². The van der Waals surface area contributed by atoms with E-state index in [0.29, 0.717) is 12.4 Å². The monoisotopic (exact) mass is 272 g/mol. The molecule has 0 radical (unpaired) electrons. The molecule has 3 nitrogen and oxygen atoms in total. The number of rotatable bonds is 6. The molecular formula is C17H20O3. The topological polar surface area (TPSA) is 38.7 Å². The highest BCUT2D eigenvalue weighted by atomic mass is 16.5. The van der Waals surface area contributed by atoms with E-state index < -0.39 is 6.10 Å². The molecule has 2 aromatic rings. The van der Waals surface area contributed by atoms with Crippen LogP contribution in [0.4, 0.5) is 0 Å². The molecule has 2 rings (SSSR count). The molecule has 20 heavy (non-hydrogen) atoms. The molecule has 106 valence electrons. The van der Waals surface area contributed by atoms with Crippen LogP contribution in [0.15, 0.2) is 48.5 Å². The third-order valence-electron chi connectivity index (χ3n) is 2.90. The smallest absolute Gasteiger partial charge is 0.169 e. The first-order valence-corrected chi connectivity index (χ1v) is 6.88. The highest BCUT2D eigenvalue weighted by Gasteiger charge is 2.06. The van der Waals surface area contributed by atoms with Crippen LogP contribution in [0.1, 0.15) is 31.9 Å². The Morgan fingerprint density at radius 1 is 1.00 bits per heavy atom. The number of hydrogen-bond acceptors (Lipinski definition) is 3. The number of ether oxygens (including phenoxy) is 2. The minimum atomic E-state index is -0.468. The Morgan fingerprint density at radius 3 is 2.25 bits per heavy atom. The van der Waals surface area contributed by atoms with Crippen molar-refractivity contribution in [1.82, 2.24) is 0 Å². The molecule has 0 bridgehead atoms. The summed E-state index contributed by atoms with van der Waals surface area (Å²) in [5, 5.41) is 9.48. The zero-order valence-electron chi connectivity index (χ0n) is 11.9. The Kier molecular flexibility index (Phi) is 5.02. The summed E-state index contributed by atoms with van der Waals surface area (Å²) in [7, 11) is 0. The van der Waals surface area contributed by atoms with Gasteiger partial charge in [-0.15, -0.1) is 0 Å². The lowest BCUT2D eigenvalue weighted by Gasteiger charge is -2.12. The van der Waals surface area contributed by atoms with Gasteiger partial charge in [-0.2, -0.15) is 0 Å². The van der Waals surface area contributed by atoms with E-state index in [1.807, 2.05) is 48.5 Å². The van der Waals surface area contributed by atoms with Crippen molar-refractivity contribution >= 4 is 0 Å². The van der Waals surface area contributed by atoms with Gasteiger partial charge in [0.25, 0.3) is 0 Å². The van der Waals surface area contributed by atoms with Gasteiger partial charge in [-0.25, -0.2) is 0 Å². The van der Waals surface area contributed by atoms with Crippen LogP contribution in [0.5, 0.6) is 17.2 Å². The average Bonchev–Trinajstić information content (AvgIpc) is 2.47. The van der Waals surface area contributed by atoms with E-state index in [-0.39, 0.29) is 0 Å². The summed E-state index contributed by atoms with van der Waals surface area (Å²) in [6.45, 7) is 4.48. The van der Waals surface area contributed by atoms with E-state index in [1.54, 1.807) is 6.92 Å². The van der Waals surface area contributed by atoms with Crippen LogP contribution < -0.4 is 9.47 Å². The Morgan fingerprint density at radius 2 is 1.65 bits per heavy atom. The number of para-hydroxylation sites is 2. The Bertz CT molecular complexity index is 532. The number of aliphatic hydroxyl groups is 1. The largest absolute Gasteiger partial charge is 0.490 e. The van der Waals surface area contributed by atoms with Gasteiger partial charge in [0.1, 0.15) is 5.75 Å². The summed E-state index contributed by atoms with van der Waals surface area (Å²) in [5.41, 5.74) is 0.868. The molecule has 1 atom stereocenters. The van der Waals surface area contributed by atoms with Crippen molar-refractivity contribution < 1.29 is 14.6 Å². The molecule has 0 spiro atoms. The predicted molar refractivity (Wildman–Crippen MR) is 79.4 cm³/mol. The standard InChI is InChI=1S/C17H20O3/c1-3-12-19-16-6-4-5-7-17(16)20-15-10-8-14(9-11-15)13(2)18/h4-11,13,18H,3,12H2,1-2H3/t13-/m0/s1. The van der Waals surface area contributed by atoms with Crippen LogP contribution in [0, 0.1) is 0 Å². The third kappa shape index (κ3) is 3.75. The molecule has 3 heteroatoms. The van der Waals surface area contributed by atoms with Gasteiger partial charge < -0.3 is 14.6 Å². The van der Waals surface area contributed by atoms with Gasteiger partial charge >= 0.3 is 0 Å². The SMILES string of the molecule is CCCOc1ccccc1Oc1ccc([C@H](C)O)cc1. The maximum Gasteiger partial charge on any atom is 0.169 e. The Balaban J connectivity index is 2.13. The Hall–Kier alpha value is -2.00. The average molecular weight is 272 g/mol. The molecule has 0 aliphatic rings. The van der Waals surface area contributed by atoms with Crippen LogP contribution >= 0.6 is 0 Å². The second kappa shape index (κ2) is 6.96. The molecule has 0 unspecified atom stereocenters. The molecular weight excluding hydrogens is 252 g/mol. The second-order valence-corrected chi connectivity index (χ2v) is 4.64. The first kappa shape index (κ1) is 14.4. The van der Waals surface area contributed by atoms with Gasteiger partial charge in [-0.3, -0.25) is 0 Å². The Labute approximate surface area is 119 Å². The van der Waals surface area contributed by atoms with Gasteiger partial charge in [0.2, 0.25) is 0 Å². The summed E-state index contributed by atoms with van der Waals surface area (Å²) in [6, 6.07) is 15.0. The van der Waals surface area contributed by atoms with E-state index in [9.17, 15) is 5.11 Å². The molecule has 0 saturated carbocycles. The molecule has 2 aromatic carbocycles. The van der Waals surface area contributed by atoms with Crippen molar-refractivity contribution in [3.8, 4) is 17.2 Å². The maximum atomic E-state index is 9.48. The molecule has 0 amide bonds.